The molecular weight excluding hydrogens is 396 g/mol. The molecule has 0 fully saturated rings. The Kier molecular flexibility index (Phi) is 8.54. The van der Waals surface area contributed by atoms with E-state index in [1.165, 1.54) is 6.07 Å². The molecule has 0 saturated heterocycles. The molecule has 7 heteroatoms. The van der Waals surface area contributed by atoms with E-state index in [0.29, 0.717) is 17.2 Å². The number of nitro benzene ring substituents is 2. The summed E-state index contributed by atoms with van der Waals surface area (Å²) in [6.07, 6.45) is 2.72. The molecule has 0 spiro atoms. The maximum Gasteiger partial charge on any atom is 0.273 e. The third kappa shape index (κ3) is 6.26. The Morgan fingerprint density at radius 3 is 2.10 bits per heavy atom. The van der Waals surface area contributed by atoms with Crippen molar-refractivity contribution >= 4 is 11.4 Å². The van der Waals surface area contributed by atoms with Crippen molar-refractivity contribution in [1.29, 1.82) is 0 Å². The lowest BCUT2D eigenvalue weighted by atomic mass is 9.81. The van der Waals surface area contributed by atoms with Crippen molar-refractivity contribution in [2.75, 3.05) is 7.11 Å². The van der Waals surface area contributed by atoms with E-state index >= 15 is 0 Å². The van der Waals surface area contributed by atoms with Crippen LogP contribution in [0.5, 0.6) is 5.75 Å². The molecule has 2 rings (SSSR count). The Labute approximate surface area is 183 Å². The monoisotopic (exact) mass is 428 g/mol. The zero-order valence-corrected chi connectivity index (χ0v) is 18.9. The number of methoxy groups -OCH3 is 1. The molecule has 2 aromatic rings. The van der Waals surface area contributed by atoms with E-state index in [4.69, 9.17) is 4.74 Å². The molecule has 0 aliphatic rings. The molecule has 0 bridgehead atoms. The average molecular weight is 429 g/mol. The maximum absolute atomic E-state index is 11.5. The van der Waals surface area contributed by atoms with Crippen LogP contribution in [0.2, 0.25) is 0 Å². The summed E-state index contributed by atoms with van der Waals surface area (Å²) in [4.78, 5) is 22.1. The second-order valence-corrected chi connectivity index (χ2v) is 8.58. The smallest absolute Gasteiger partial charge is 0.273 e. The summed E-state index contributed by atoms with van der Waals surface area (Å²) in [5.41, 5.74) is 1.76. The van der Waals surface area contributed by atoms with Gasteiger partial charge in [0.25, 0.3) is 11.4 Å². The van der Waals surface area contributed by atoms with Crippen LogP contribution in [-0.2, 0) is 0 Å². The highest BCUT2D eigenvalue weighted by atomic mass is 16.6. The highest BCUT2D eigenvalue weighted by Gasteiger charge is 2.25. The number of nitrogens with zero attached hydrogens (tertiary/aromatic N) is 2. The summed E-state index contributed by atoms with van der Waals surface area (Å²) in [7, 11) is 1.55. The summed E-state index contributed by atoms with van der Waals surface area (Å²) in [5, 5.41) is 22.8. The van der Waals surface area contributed by atoms with Gasteiger partial charge in [0.2, 0.25) is 0 Å². The first-order valence-corrected chi connectivity index (χ1v) is 10.7. The van der Waals surface area contributed by atoms with Crippen molar-refractivity contribution in [2.24, 2.45) is 11.8 Å². The normalized spacial score (nSPS) is 15.0. The molecule has 31 heavy (non-hydrogen) atoms. The molecule has 4 unspecified atom stereocenters. The molecule has 7 nitrogen and oxygen atoms in total. The zero-order chi connectivity index (χ0) is 23.1. The number of nitro groups is 2. The van der Waals surface area contributed by atoms with Gasteiger partial charge in [0, 0.05) is 23.3 Å². The van der Waals surface area contributed by atoms with E-state index in [0.717, 1.165) is 24.8 Å². The third-order valence-corrected chi connectivity index (χ3v) is 6.31. The van der Waals surface area contributed by atoms with Crippen molar-refractivity contribution in [3.8, 4) is 5.75 Å². The number of rotatable bonds is 11. The van der Waals surface area contributed by atoms with Crippen LogP contribution in [-0.4, -0.2) is 17.0 Å². The van der Waals surface area contributed by atoms with Gasteiger partial charge in [-0.25, -0.2) is 0 Å². The van der Waals surface area contributed by atoms with E-state index in [-0.39, 0.29) is 39.0 Å². The van der Waals surface area contributed by atoms with Crippen LogP contribution in [0.4, 0.5) is 11.4 Å². The Bertz CT molecular complexity index is 915. The fourth-order valence-electron chi connectivity index (χ4n) is 4.21. The van der Waals surface area contributed by atoms with Gasteiger partial charge < -0.3 is 4.74 Å². The van der Waals surface area contributed by atoms with Crippen molar-refractivity contribution in [1.82, 2.24) is 0 Å². The van der Waals surface area contributed by atoms with Crippen molar-refractivity contribution in [2.45, 2.75) is 58.8 Å². The molecule has 4 atom stereocenters. The van der Waals surface area contributed by atoms with Crippen LogP contribution >= 0.6 is 0 Å². The van der Waals surface area contributed by atoms with E-state index in [1.54, 1.807) is 31.4 Å². The standard InChI is InChI=1S/C24H32N2O5/c1-16(14-18(3)21-8-6-7-9-23(21)25(27)28)10-11-17(2)19(4)22-15-20(31-5)12-13-24(22)26(29)30/h6-9,12-13,15-19H,10-11,14H2,1-5H3. The van der Waals surface area contributed by atoms with Gasteiger partial charge in [0.15, 0.2) is 0 Å². The van der Waals surface area contributed by atoms with Gasteiger partial charge in [-0.1, -0.05) is 52.3 Å². The predicted octanol–water partition coefficient (Wildman–Crippen LogP) is 6.86. The van der Waals surface area contributed by atoms with Gasteiger partial charge >= 0.3 is 0 Å². The molecule has 0 heterocycles. The highest BCUT2D eigenvalue weighted by Crippen LogP contribution is 2.37. The van der Waals surface area contributed by atoms with E-state index < -0.39 is 0 Å². The summed E-state index contributed by atoms with van der Waals surface area (Å²) < 4.78 is 5.26. The second kappa shape index (κ2) is 10.9. The lowest BCUT2D eigenvalue weighted by Crippen LogP contribution is -2.11. The van der Waals surface area contributed by atoms with Gasteiger partial charge in [-0.2, -0.15) is 0 Å². The molecule has 0 aliphatic heterocycles. The van der Waals surface area contributed by atoms with E-state index in [1.807, 2.05) is 26.0 Å². The summed E-state index contributed by atoms with van der Waals surface area (Å²) >= 11 is 0. The largest absolute Gasteiger partial charge is 0.497 e. The van der Waals surface area contributed by atoms with Crippen molar-refractivity contribution < 1.29 is 14.6 Å². The van der Waals surface area contributed by atoms with Crippen molar-refractivity contribution in [3.63, 3.8) is 0 Å². The first kappa shape index (κ1) is 24.3. The Morgan fingerprint density at radius 1 is 0.871 bits per heavy atom. The van der Waals surface area contributed by atoms with Crippen molar-refractivity contribution in [3.05, 3.63) is 73.8 Å². The summed E-state index contributed by atoms with van der Waals surface area (Å²) in [6.45, 7) is 8.33. The van der Waals surface area contributed by atoms with Crippen LogP contribution in [0.25, 0.3) is 0 Å². The minimum Gasteiger partial charge on any atom is -0.497 e. The molecule has 0 N–H and O–H groups in total. The average Bonchev–Trinajstić information content (AvgIpc) is 2.76. The Balaban J connectivity index is 2.02. The minimum absolute atomic E-state index is 0.00957. The third-order valence-electron chi connectivity index (χ3n) is 6.31. The first-order chi connectivity index (χ1) is 14.6. The highest BCUT2D eigenvalue weighted by molar-refractivity contribution is 5.47. The first-order valence-electron chi connectivity index (χ1n) is 10.7. The SMILES string of the molecule is COc1ccc([N+](=O)[O-])c(C(C)C(C)CCC(C)CC(C)c2ccccc2[N+](=O)[O-])c1. The molecular formula is C24H32N2O5. The fraction of sp³-hybridized carbons (Fsp3) is 0.500. The van der Waals surface area contributed by atoms with Crippen LogP contribution in [0.15, 0.2) is 42.5 Å². The lowest BCUT2D eigenvalue weighted by molar-refractivity contribution is -0.385. The van der Waals surface area contributed by atoms with E-state index in [2.05, 4.69) is 13.8 Å². The topological polar surface area (TPSA) is 95.5 Å². The molecule has 168 valence electrons. The molecule has 2 aromatic carbocycles. The lowest BCUT2D eigenvalue weighted by Gasteiger charge is -2.23. The number of benzene rings is 2. The Morgan fingerprint density at radius 2 is 1.48 bits per heavy atom. The molecule has 0 aromatic heterocycles. The minimum atomic E-state index is -0.338. The van der Waals surface area contributed by atoms with Gasteiger partial charge in [-0.3, -0.25) is 20.2 Å². The number of para-hydroxylation sites is 1. The zero-order valence-electron chi connectivity index (χ0n) is 18.9. The quantitative estimate of drug-likeness (QED) is 0.288. The van der Waals surface area contributed by atoms with Gasteiger partial charge in [0.05, 0.1) is 17.0 Å². The van der Waals surface area contributed by atoms with Gasteiger partial charge in [0.1, 0.15) is 5.75 Å². The van der Waals surface area contributed by atoms with Gasteiger partial charge in [-0.15, -0.1) is 0 Å². The van der Waals surface area contributed by atoms with E-state index in [9.17, 15) is 20.2 Å². The Hall–Kier alpha value is -2.96. The number of hydrogen-bond acceptors (Lipinski definition) is 5. The maximum atomic E-state index is 11.5. The van der Waals surface area contributed by atoms with Crippen LogP contribution in [0.3, 0.4) is 0 Å². The number of ether oxygens (including phenoxy) is 1. The molecule has 0 radical (unpaired) electrons. The summed E-state index contributed by atoms with van der Waals surface area (Å²) in [5.74, 6) is 1.34. The van der Waals surface area contributed by atoms with Crippen LogP contribution in [0, 0.1) is 32.1 Å². The number of hydrogen-bond donors (Lipinski definition) is 0. The second-order valence-electron chi connectivity index (χ2n) is 8.58. The molecule has 0 aliphatic carbocycles. The van der Waals surface area contributed by atoms with Crippen LogP contribution < -0.4 is 4.74 Å². The predicted molar refractivity (Wildman–Crippen MR) is 122 cm³/mol. The molecule has 0 amide bonds. The molecule has 0 saturated carbocycles. The fourth-order valence-corrected chi connectivity index (χ4v) is 4.21. The van der Waals surface area contributed by atoms with Crippen LogP contribution in [0.1, 0.15) is 69.9 Å². The van der Waals surface area contributed by atoms with Gasteiger partial charge in [-0.05, 0) is 48.6 Å². The summed E-state index contributed by atoms with van der Waals surface area (Å²) in [6, 6.07) is 11.8.